The van der Waals surface area contributed by atoms with E-state index >= 15 is 0 Å². The van der Waals surface area contributed by atoms with Crippen LogP contribution in [0.1, 0.15) is 30.1 Å². The minimum Gasteiger partial charge on any atom is -0.339 e. The lowest BCUT2D eigenvalue weighted by Crippen LogP contribution is -2.38. The maximum absolute atomic E-state index is 12.8. The molecule has 0 radical (unpaired) electrons. The minimum absolute atomic E-state index is 0.0584. The van der Waals surface area contributed by atoms with Crippen molar-refractivity contribution in [1.29, 1.82) is 0 Å². The summed E-state index contributed by atoms with van der Waals surface area (Å²) in [6, 6.07) is 13.7. The van der Waals surface area contributed by atoms with Crippen molar-refractivity contribution in [2.75, 3.05) is 13.1 Å². The molecule has 2 aromatic carbocycles. The van der Waals surface area contributed by atoms with Crippen molar-refractivity contribution >= 4 is 16.8 Å². The number of fused-ring (bicyclic) bond motifs is 1. The fourth-order valence-corrected chi connectivity index (χ4v) is 3.56. The number of benzene rings is 2. The van der Waals surface area contributed by atoms with Gasteiger partial charge in [0.1, 0.15) is 0 Å². The lowest BCUT2D eigenvalue weighted by Gasteiger charge is -2.30. The van der Waals surface area contributed by atoms with Crippen LogP contribution in [0.2, 0.25) is 0 Å². The highest BCUT2D eigenvalue weighted by Crippen LogP contribution is 2.19. The molecule has 138 valence electrons. The zero-order chi connectivity index (χ0) is 19.0. The van der Waals surface area contributed by atoms with Gasteiger partial charge in [-0.05, 0) is 49.1 Å². The van der Waals surface area contributed by atoms with Crippen molar-refractivity contribution in [2.45, 2.75) is 19.8 Å². The Bertz CT molecular complexity index is 1110. The number of para-hydroxylation sites is 1. The summed E-state index contributed by atoms with van der Waals surface area (Å²) >= 11 is 0. The van der Waals surface area contributed by atoms with E-state index in [4.69, 9.17) is 0 Å². The Hall–Kier alpha value is -3.15. The Kier molecular flexibility index (Phi) is 4.39. The second-order valence-corrected chi connectivity index (χ2v) is 7.14. The molecule has 1 aliphatic heterocycles. The molecule has 0 aliphatic carbocycles. The number of hydrogen-bond donors (Lipinski definition) is 1. The number of piperidine rings is 1. The summed E-state index contributed by atoms with van der Waals surface area (Å²) in [4.78, 5) is 42.6. The summed E-state index contributed by atoms with van der Waals surface area (Å²) < 4.78 is 1.11. The van der Waals surface area contributed by atoms with Gasteiger partial charge in [-0.25, -0.2) is 9.36 Å². The van der Waals surface area contributed by atoms with E-state index in [1.54, 1.807) is 42.5 Å². The number of carbonyl (C=O) groups is 1. The zero-order valence-electron chi connectivity index (χ0n) is 15.1. The molecule has 1 fully saturated rings. The van der Waals surface area contributed by atoms with Gasteiger partial charge in [-0.3, -0.25) is 9.59 Å². The van der Waals surface area contributed by atoms with Crippen molar-refractivity contribution in [3.8, 4) is 5.69 Å². The largest absolute Gasteiger partial charge is 0.339 e. The van der Waals surface area contributed by atoms with Crippen LogP contribution in [0.3, 0.4) is 0 Å². The molecular formula is C21H21N3O3. The number of nitrogens with one attached hydrogen (secondary N) is 1. The van der Waals surface area contributed by atoms with Gasteiger partial charge in [0, 0.05) is 18.7 Å². The summed E-state index contributed by atoms with van der Waals surface area (Å²) in [7, 11) is 0. The lowest BCUT2D eigenvalue weighted by atomic mass is 9.98. The van der Waals surface area contributed by atoms with E-state index < -0.39 is 11.2 Å². The molecule has 0 atom stereocenters. The number of H-pyrrole nitrogens is 1. The van der Waals surface area contributed by atoms with Gasteiger partial charge < -0.3 is 9.88 Å². The summed E-state index contributed by atoms with van der Waals surface area (Å²) in [5.41, 5.74) is 0.465. The first kappa shape index (κ1) is 17.3. The van der Waals surface area contributed by atoms with Crippen LogP contribution in [0.15, 0.2) is 58.1 Å². The second-order valence-electron chi connectivity index (χ2n) is 7.14. The molecule has 1 amide bonds. The highest BCUT2D eigenvalue weighted by molar-refractivity contribution is 5.97. The topological polar surface area (TPSA) is 75.2 Å². The fourth-order valence-electron chi connectivity index (χ4n) is 3.56. The number of rotatable bonds is 2. The molecule has 0 bridgehead atoms. The van der Waals surface area contributed by atoms with E-state index in [1.807, 2.05) is 11.0 Å². The number of likely N-dealkylation sites (tertiary alicyclic amines) is 1. The van der Waals surface area contributed by atoms with Crippen LogP contribution in [0.4, 0.5) is 0 Å². The summed E-state index contributed by atoms with van der Waals surface area (Å²) in [6.07, 6.45) is 2.00. The van der Waals surface area contributed by atoms with E-state index in [0.29, 0.717) is 28.1 Å². The minimum atomic E-state index is -0.518. The highest BCUT2D eigenvalue weighted by atomic mass is 16.2. The van der Waals surface area contributed by atoms with Crippen molar-refractivity contribution in [3.63, 3.8) is 0 Å². The van der Waals surface area contributed by atoms with Gasteiger partial charge in [0.25, 0.3) is 11.5 Å². The predicted octanol–water partition coefficient (Wildman–Crippen LogP) is 2.55. The van der Waals surface area contributed by atoms with Gasteiger partial charge in [-0.1, -0.05) is 25.1 Å². The van der Waals surface area contributed by atoms with Gasteiger partial charge in [-0.2, -0.15) is 0 Å². The number of amides is 1. The molecule has 1 aromatic heterocycles. The summed E-state index contributed by atoms with van der Waals surface area (Å²) in [6.45, 7) is 3.68. The van der Waals surface area contributed by atoms with Crippen LogP contribution in [-0.4, -0.2) is 33.4 Å². The molecule has 3 aromatic rings. The van der Waals surface area contributed by atoms with Crippen molar-refractivity contribution < 1.29 is 4.79 Å². The molecule has 1 saturated heterocycles. The molecule has 4 rings (SSSR count). The molecule has 2 heterocycles. The van der Waals surface area contributed by atoms with Crippen LogP contribution in [0.5, 0.6) is 0 Å². The molecule has 0 spiro atoms. The van der Waals surface area contributed by atoms with E-state index in [0.717, 1.165) is 30.5 Å². The first-order valence-corrected chi connectivity index (χ1v) is 9.18. The van der Waals surface area contributed by atoms with Crippen molar-refractivity contribution in [1.82, 2.24) is 14.5 Å². The Morgan fingerprint density at radius 2 is 1.74 bits per heavy atom. The second kappa shape index (κ2) is 6.87. The molecule has 6 heteroatoms. The Morgan fingerprint density at radius 1 is 1.04 bits per heavy atom. The Balaban J connectivity index is 1.75. The van der Waals surface area contributed by atoms with Crippen LogP contribution >= 0.6 is 0 Å². The molecular weight excluding hydrogens is 342 g/mol. The summed E-state index contributed by atoms with van der Waals surface area (Å²) in [5.74, 6) is 0.579. The number of aromatic nitrogens is 2. The van der Waals surface area contributed by atoms with E-state index in [1.165, 1.54) is 0 Å². The fraction of sp³-hybridized carbons (Fsp3) is 0.286. The van der Waals surface area contributed by atoms with Crippen molar-refractivity contribution in [3.05, 3.63) is 74.9 Å². The van der Waals surface area contributed by atoms with E-state index in [-0.39, 0.29) is 5.91 Å². The molecule has 6 nitrogen and oxygen atoms in total. The van der Waals surface area contributed by atoms with Crippen LogP contribution in [0.25, 0.3) is 16.6 Å². The predicted molar refractivity (Wildman–Crippen MR) is 104 cm³/mol. The number of nitrogens with zero attached hydrogens (tertiary/aromatic N) is 2. The van der Waals surface area contributed by atoms with E-state index in [2.05, 4.69) is 11.9 Å². The van der Waals surface area contributed by atoms with Crippen LogP contribution in [0, 0.1) is 5.92 Å². The maximum atomic E-state index is 12.8. The van der Waals surface area contributed by atoms with Gasteiger partial charge in [-0.15, -0.1) is 0 Å². The quantitative estimate of drug-likeness (QED) is 0.760. The standard InChI is InChI=1S/C21H21N3O3/c1-14-9-11-23(12-10-14)19(25)15-7-8-17-18(13-15)22-21(27)24(20(17)26)16-5-3-2-4-6-16/h2-8,13-14H,9-12H2,1H3,(H,22,27). The van der Waals surface area contributed by atoms with E-state index in [9.17, 15) is 14.4 Å². The zero-order valence-corrected chi connectivity index (χ0v) is 15.1. The third kappa shape index (κ3) is 3.18. The first-order chi connectivity index (χ1) is 13.0. The molecule has 1 aliphatic rings. The van der Waals surface area contributed by atoms with Gasteiger partial charge in [0.05, 0.1) is 16.6 Å². The SMILES string of the molecule is CC1CCN(C(=O)c2ccc3c(=O)n(-c4ccccc4)c(=O)[nH]c3c2)CC1. The number of hydrogen-bond acceptors (Lipinski definition) is 3. The maximum Gasteiger partial charge on any atom is 0.333 e. The Morgan fingerprint density at radius 3 is 2.44 bits per heavy atom. The lowest BCUT2D eigenvalue weighted by molar-refractivity contribution is 0.0697. The van der Waals surface area contributed by atoms with Crippen LogP contribution in [-0.2, 0) is 0 Å². The molecule has 1 N–H and O–H groups in total. The van der Waals surface area contributed by atoms with Gasteiger partial charge >= 0.3 is 5.69 Å². The van der Waals surface area contributed by atoms with Gasteiger partial charge in [0.15, 0.2) is 0 Å². The number of carbonyl (C=O) groups excluding carboxylic acids is 1. The molecule has 27 heavy (non-hydrogen) atoms. The number of aromatic amines is 1. The third-order valence-corrected chi connectivity index (χ3v) is 5.23. The van der Waals surface area contributed by atoms with Crippen LogP contribution < -0.4 is 11.2 Å². The van der Waals surface area contributed by atoms with Crippen molar-refractivity contribution in [2.24, 2.45) is 5.92 Å². The Labute approximate surface area is 156 Å². The molecule has 0 saturated carbocycles. The first-order valence-electron chi connectivity index (χ1n) is 9.18. The third-order valence-electron chi connectivity index (χ3n) is 5.23. The van der Waals surface area contributed by atoms with Gasteiger partial charge in [0.2, 0.25) is 0 Å². The average molecular weight is 363 g/mol. The monoisotopic (exact) mass is 363 g/mol. The average Bonchev–Trinajstić information content (AvgIpc) is 2.68. The smallest absolute Gasteiger partial charge is 0.333 e. The summed E-state index contributed by atoms with van der Waals surface area (Å²) in [5, 5.41) is 0.377. The normalized spacial score (nSPS) is 15.2. The highest BCUT2D eigenvalue weighted by Gasteiger charge is 2.22. The molecule has 0 unspecified atom stereocenters.